The van der Waals surface area contributed by atoms with E-state index in [1.807, 2.05) is 115 Å². The summed E-state index contributed by atoms with van der Waals surface area (Å²) in [6.07, 6.45) is 10.5. The van der Waals surface area contributed by atoms with Crippen molar-refractivity contribution >= 4 is 87.2 Å². The minimum atomic E-state index is 0.487. The van der Waals surface area contributed by atoms with Gasteiger partial charge in [-0.3, -0.25) is 24.9 Å². The van der Waals surface area contributed by atoms with Crippen molar-refractivity contribution in [2.45, 2.75) is 0 Å². The molecule has 18 heteroatoms. The Morgan fingerprint density at radius 3 is 0.831 bits per heavy atom. The molecule has 124 heavy (non-hydrogen) atoms. The van der Waals surface area contributed by atoms with Crippen LogP contribution in [-0.2, 0) is 0 Å². The van der Waals surface area contributed by atoms with E-state index in [0.29, 0.717) is 75.2 Å². The Kier molecular flexibility index (Phi) is 17.7. The summed E-state index contributed by atoms with van der Waals surface area (Å²) in [5.74, 6) is 4.86. The van der Waals surface area contributed by atoms with Gasteiger partial charge in [0.2, 0.25) is 0 Å². The maximum absolute atomic E-state index is 4.96. The van der Waals surface area contributed by atoms with Crippen molar-refractivity contribution in [3.05, 3.63) is 395 Å². The van der Waals surface area contributed by atoms with E-state index >= 15 is 0 Å². The van der Waals surface area contributed by atoms with Crippen molar-refractivity contribution in [1.29, 1.82) is 0 Å². The summed E-state index contributed by atoms with van der Waals surface area (Å²) in [5, 5.41) is 9.59. The summed E-state index contributed by atoms with van der Waals surface area (Å²) >= 11 is 0. The molecule has 18 nitrogen and oxygen atoms in total. The van der Waals surface area contributed by atoms with Gasteiger partial charge in [-0.15, -0.1) is 0 Å². The van der Waals surface area contributed by atoms with Crippen LogP contribution in [0.2, 0.25) is 0 Å². The Bertz CT molecular complexity index is 7730. The predicted molar refractivity (Wildman–Crippen MR) is 494 cm³/mol. The number of nitrogens with one attached hydrogen (secondary N) is 1. The topological polar surface area (TPSA) is 211 Å². The van der Waals surface area contributed by atoms with Gasteiger partial charge in [-0.25, -0.2) is 44.9 Å². The number of hydrogen-bond acceptors (Lipinski definition) is 14. The molecular weight excluding hydrogens is 1530 g/mol. The first kappa shape index (κ1) is 71.9. The molecule has 12 aromatic carbocycles. The van der Waals surface area contributed by atoms with E-state index in [1.54, 1.807) is 37.2 Å². The highest BCUT2D eigenvalue weighted by Gasteiger charge is 2.23. The van der Waals surface area contributed by atoms with Gasteiger partial charge in [0.25, 0.3) is 0 Å². The first-order valence-corrected chi connectivity index (χ1v) is 40.8. The zero-order chi connectivity index (χ0) is 82.0. The van der Waals surface area contributed by atoms with Crippen LogP contribution >= 0.6 is 0 Å². The first-order chi connectivity index (χ1) is 61.4. The molecule has 0 saturated carbocycles. The number of para-hydroxylation sites is 4. The molecule has 24 rings (SSSR count). The molecule has 0 atom stereocenters. The predicted octanol–water partition coefficient (Wildman–Crippen LogP) is 24.2. The monoisotopic (exact) mass is 1590 g/mol. The van der Waals surface area contributed by atoms with Gasteiger partial charge in [0.1, 0.15) is 22.8 Å². The Balaban J connectivity index is 0.000000154. The number of aromatic amines is 1. The molecule has 0 aliphatic rings. The molecule has 0 fully saturated rings. The summed E-state index contributed by atoms with van der Waals surface area (Å²) in [6.45, 7) is 0. The van der Waals surface area contributed by atoms with Gasteiger partial charge in [-0.1, -0.05) is 152 Å². The molecule has 0 spiro atoms. The molecule has 0 radical (unpaired) electrons. The third-order valence-electron chi connectivity index (χ3n) is 22.8. The Morgan fingerprint density at radius 1 is 0.177 bits per heavy atom. The Morgan fingerprint density at radius 2 is 0.460 bits per heavy atom. The van der Waals surface area contributed by atoms with Gasteiger partial charge in [0.15, 0.2) is 52.4 Å². The van der Waals surface area contributed by atoms with Crippen molar-refractivity contribution in [3.8, 4) is 142 Å². The third-order valence-corrected chi connectivity index (χ3v) is 22.8. The number of H-pyrrole nitrogens is 1. The van der Waals surface area contributed by atoms with Crippen LogP contribution in [0.5, 0.6) is 0 Å². The zero-order valence-corrected chi connectivity index (χ0v) is 66.1. The lowest BCUT2D eigenvalue weighted by atomic mass is 10.0. The number of pyridine rings is 5. The highest BCUT2D eigenvalue weighted by atomic mass is 15.1. The van der Waals surface area contributed by atoms with Crippen LogP contribution in [0.4, 0.5) is 0 Å². The van der Waals surface area contributed by atoms with Gasteiger partial charge in [0, 0.05) is 136 Å². The van der Waals surface area contributed by atoms with Crippen molar-refractivity contribution in [1.82, 2.24) is 88.5 Å². The normalized spacial score (nSPS) is 11.5. The average molecular weight is 1590 g/mol. The van der Waals surface area contributed by atoms with Gasteiger partial charge in [-0.2, -0.15) is 0 Å². The molecule has 12 heterocycles. The smallest absolute Gasteiger partial charge is 0.182 e. The Labute approximate surface area is 708 Å². The van der Waals surface area contributed by atoms with E-state index in [4.69, 9.17) is 44.9 Å². The summed E-state index contributed by atoms with van der Waals surface area (Å²) in [7, 11) is 0. The van der Waals surface area contributed by atoms with Gasteiger partial charge in [0.05, 0.1) is 33.1 Å². The van der Waals surface area contributed by atoms with E-state index in [1.165, 1.54) is 54.2 Å². The number of rotatable bonds is 14. The second-order valence-electron chi connectivity index (χ2n) is 30.2. The molecule has 0 unspecified atom stereocenters. The number of hydrogen-bond donors (Lipinski definition) is 1. The lowest BCUT2D eigenvalue weighted by Crippen LogP contribution is -2.02. The number of aromatic nitrogens is 18. The van der Waals surface area contributed by atoms with E-state index in [0.717, 1.165) is 100 Å². The number of nitrogens with zero attached hydrogens (tertiary/aromatic N) is 17. The van der Waals surface area contributed by atoms with Crippen molar-refractivity contribution in [2.24, 2.45) is 0 Å². The van der Waals surface area contributed by atoms with Gasteiger partial charge in [-0.05, 0) is 229 Å². The van der Waals surface area contributed by atoms with Crippen molar-refractivity contribution in [3.63, 3.8) is 0 Å². The second kappa shape index (κ2) is 30.5. The van der Waals surface area contributed by atoms with Gasteiger partial charge < -0.3 is 18.7 Å². The van der Waals surface area contributed by atoms with Crippen molar-refractivity contribution < 1.29 is 0 Å². The van der Waals surface area contributed by atoms with Crippen LogP contribution in [0.1, 0.15) is 0 Å². The summed E-state index contributed by atoms with van der Waals surface area (Å²) < 4.78 is 6.99. The molecule has 12 aromatic heterocycles. The fourth-order valence-corrected chi connectivity index (χ4v) is 16.9. The summed E-state index contributed by atoms with van der Waals surface area (Å²) in [4.78, 5) is 69.6. The highest BCUT2D eigenvalue weighted by Crippen LogP contribution is 2.42. The highest BCUT2D eigenvalue weighted by molar-refractivity contribution is 6.14. The van der Waals surface area contributed by atoms with Gasteiger partial charge >= 0.3 is 0 Å². The number of fused-ring (bicyclic) bond motifs is 12. The van der Waals surface area contributed by atoms with Crippen molar-refractivity contribution in [2.75, 3.05) is 0 Å². The largest absolute Gasteiger partial charge is 0.355 e. The number of benzene rings is 12. The molecule has 1 N–H and O–H groups in total. The van der Waals surface area contributed by atoms with E-state index in [9.17, 15) is 0 Å². The summed E-state index contributed by atoms with van der Waals surface area (Å²) in [6, 6.07) is 123. The fourth-order valence-electron chi connectivity index (χ4n) is 16.9. The van der Waals surface area contributed by atoms with Crippen LogP contribution in [0, 0.1) is 0 Å². The molecule has 0 aliphatic heterocycles. The Hall–Kier alpha value is -17.4. The van der Waals surface area contributed by atoms with E-state index < -0.39 is 0 Å². The lowest BCUT2D eigenvalue weighted by Gasteiger charge is -2.11. The van der Waals surface area contributed by atoms with Crippen LogP contribution in [0.25, 0.3) is 230 Å². The van der Waals surface area contributed by atoms with E-state index in [-0.39, 0.29) is 0 Å². The maximum Gasteiger partial charge on any atom is 0.182 e. The zero-order valence-electron chi connectivity index (χ0n) is 66.1. The molecule has 0 saturated heterocycles. The van der Waals surface area contributed by atoms with Crippen LogP contribution < -0.4 is 0 Å². The minimum absolute atomic E-state index is 0.487. The molecule has 24 aromatic rings. The first-order valence-electron chi connectivity index (χ1n) is 40.8. The molecule has 0 bridgehead atoms. The van der Waals surface area contributed by atoms with E-state index in [2.05, 4.69) is 286 Å². The molecule has 580 valence electrons. The average Bonchev–Trinajstić information content (AvgIpc) is 1.59. The minimum Gasteiger partial charge on any atom is -0.355 e. The SMILES string of the molecule is c1ccc(-c2nc(-c3ccc(-n4c5ccccc5c5cc(-c6ccc7[nH]c8ccccc8c7c6)ccc54)cc3)nc(-c3ccccn3)n2)nc1.c1ccc(-c2nc(-c3ccc(-n4c5ccccc5c5cc(-c6ccc7c(c6)c6ccccc6n7-c6ccc(-c7nc(-c8ccccn8)nc(-c8ccccn8)n7)cc6)ccc54)cc3)nc(-c3cccnc3)n2)cc1. The fraction of sp³-hybridized carbons (Fsp3) is 0. The maximum atomic E-state index is 4.96. The second-order valence-corrected chi connectivity index (χ2v) is 30.2. The van der Waals surface area contributed by atoms with Crippen LogP contribution in [-0.4, -0.2) is 88.5 Å². The standard InChI is InChI=1S/C63H39N11.C43H27N7/c1-2-13-40(14-3-1)58-67-59(69-61(68-58)45-15-12-34-64-39-45)41-22-28-46(29-23-41)73-54-20-6-4-16-48(54)50-37-43(26-32-56(50)73)44-27-33-57-51(38-44)49-17-5-7-21-55(49)74(57)47-30-24-42(25-31-47)60-70-62(52-18-8-10-35-65-52)72-63(71-60)53-19-9-11-36-66-53;1-3-11-35-31(9-1)33-25-28(17-21-36(33)46-35)29-18-22-40-34(26-29)32-10-2-4-14-39(32)50(40)30-19-15-27(16-20-30)41-47-42(37-12-5-7-23-44-37)49-43(48-41)38-13-6-8-24-45-38/h1-39H;1-26,46H. The quantitative estimate of drug-likeness (QED) is 0.107. The lowest BCUT2D eigenvalue weighted by molar-refractivity contribution is 1.04. The molecule has 0 amide bonds. The van der Waals surface area contributed by atoms with Crippen LogP contribution in [0.3, 0.4) is 0 Å². The molecule has 0 aliphatic carbocycles. The third kappa shape index (κ3) is 13.1. The summed E-state index contributed by atoms with van der Waals surface area (Å²) in [5.41, 5.74) is 23.9. The van der Waals surface area contributed by atoms with Crippen LogP contribution in [0.15, 0.2) is 395 Å². The molecular formula is C106H66N18.